The van der Waals surface area contributed by atoms with Crippen LogP contribution in [0.3, 0.4) is 0 Å². The number of halogens is 2. The summed E-state index contributed by atoms with van der Waals surface area (Å²) in [6.07, 6.45) is 1.57. The average Bonchev–Trinajstić information content (AvgIpc) is 3.17. The zero-order valence-electron chi connectivity index (χ0n) is 18.5. The number of anilines is 2. The van der Waals surface area contributed by atoms with Gasteiger partial charge in [-0.15, -0.1) is 16.8 Å². The summed E-state index contributed by atoms with van der Waals surface area (Å²) >= 11 is 13.2. The van der Waals surface area contributed by atoms with Crippen LogP contribution in [0.5, 0.6) is 0 Å². The number of hydrogen-bond acceptors (Lipinski definition) is 7. The lowest BCUT2D eigenvalue weighted by molar-refractivity contribution is -0.384. The van der Waals surface area contributed by atoms with E-state index >= 15 is 0 Å². The molecule has 0 bridgehead atoms. The molecule has 0 radical (unpaired) electrons. The zero-order chi connectivity index (χ0) is 25.5. The number of rotatable bonds is 10. The fourth-order valence-electron chi connectivity index (χ4n) is 2.93. The number of aryl methyl sites for hydroxylation is 1. The molecular formula is C22H20Cl2N6O4S. The molecule has 0 aliphatic heterocycles. The molecule has 3 aromatic rings. The largest absolute Gasteiger partial charge is 0.326 e. The Morgan fingerprint density at radius 3 is 2.60 bits per heavy atom. The number of aromatic nitrogens is 3. The van der Waals surface area contributed by atoms with Crippen LogP contribution in [-0.4, -0.2) is 37.3 Å². The Balaban J connectivity index is 1.65. The maximum absolute atomic E-state index is 12.5. The lowest BCUT2D eigenvalue weighted by Gasteiger charge is -2.10. The molecule has 13 heteroatoms. The number of nitro groups is 1. The molecule has 0 saturated carbocycles. The van der Waals surface area contributed by atoms with Gasteiger partial charge in [0, 0.05) is 29.4 Å². The Hall–Kier alpha value is -3.41. The Kier molecular flexibility index (Phi) is 8.85. The van der Waals surface area contributed by atoms with E-state index in [0.717, 1.165) is 17.3 Å². The standard InChI is InChI=1S/C22H20Cl2N6O4S/c1-3-8-29-19(11-20(31)25-14-5-4-13(2)17(24)9-14)27-28-22(29)35-12-21(32)26-18-10-15(30(33)34)6-7-16(18)23/h3-7,9-10H,1,8,11-12H2,2H3,(H,25,31)(H,26,32). The number of carbonyl (C=O) groups excluding carboxylic acids is 2. The zero-order valence-corrected chi connectivity index (χ0v) is 20.8. The van der Waals surface area contributed by atoms with E-state index in [-0.39, 0.29) is 34.5 Å². The van der Waals surface area contributed by atoms with Crippen molar-refractivity contribution in [1.82, 2.24) is 14.8 Å². The molecule has 10 nitrogen and oxygen atoms in total. The number of thioether (sulfide) groups is 1. The van der Waals surface area contributed by atoms with Gasteiger partial charge in [0.2, 0.25) is 11.8 Å². The van der Waals surface area contributed by atoms with Gasteiger partial charge in [0.25, 0.3) is 5.69 Å². The summed E-state index contributed by atoms with van der Waals surface area (Å²) in [6.45, 7) is 5.91. The average molecular weight is 535 g/mol. The minimum absolute atomic E-state index is 0.0532. The van der Waals surface area contributed by atoms with Crippen LogP contribution in [0.2, 0.25) is 10.0 Å². The number of amides is 2. The minimum Gasteiger partial charge on any atom is -0.326 e. The molecule has 3 rings (SSSR count). The first kappa shape index (κ1) is 26.2. The molecule has 0 saturated heterocycles. The number of hydrogen-bond donors (Lipinski definition) is 2. The minimum atomic E-state index is -0.580. The molecule has 0 aliphatic carbocycles. The second kappa shape index (κ2) is 11.8. The van der Waals surface area contributed by atoms with Crippen molar-refractivity contribution in [3.63, 3.8) is 0 Å². The van der Waals surface area contributed by atoms with Crippen LogP contribution in [0.15, 0.2) is 54.2 Å². The number of allylic oxidation sites excluding steroid dienone is 1. The monoisotopic (exact) mass is 534 g/mol. The van der Waals surface area contributed by atoms with Crippen LogP contribution in [0.4, 0.5) is 17.1 Å². The number of carbonyl (C=O) groups is 2. The van der Waals surface area contributed by atoms with Gasteiger partial charge in [-0.2, -0.15) is 0 Å². The van der Waals surface area contributed by atoms with Gasteiger partial charge in [-0.1, -0.05) is 47.1 Å². The number of nitro benzene ring substituents is 1. The quantitative estimate of drug-likeness (QED) is 0.163. The fourth-order valence-corrected chi connectivity index (χ4v) is 4.04. The van der Waals surface area contributed by atoms with E-state index in [1.165, 1.54) is 18.2 Å². The molecular weight excluding hydrogens is 515 g/mol. The maximum atomic E-state index is 12.5. The number of benzene rings is 2. The van der Waals surface area contributed by atoms with E-state index in [1.807, 2.05) is 6.92 Å². The molecule has 35 heavy (non-hydrogen) atoms. The van der Waals surface area contributed by atoms with E-state index in [4.69, 9.17) is 23.2 Å². The van der Waals surface area contributed by atoms with Gasteiger partial charge in [0.15, 0.2) is 5.16 Å². The van der Waals surface area contributed by atoms with E-state index in [9.17, 15) is 19.7 Å². The fraction of sp³-hybridized carbons (Fsp3) is 0.182. The van der Waals surface area contributed by atoms with Crippen molar-refractivity contribution < 1.29 is 14.5 Å². The normalized spacial score (nSPS) is 10.6. The molecule has 2 N–H and O–H groups in total. The van der Waals surface area contributed by atoms with E-state index in [1.54, 1.807) is 28.8 Å². The van der Waals surface area contributed by atoms with Crippen LogP contribution in [-0.2, 0) is 22.6 Å². The van der Waals surface area contributed by atoms with E-state index < -0.39 is 10.8 Å². The molecule has 182 valence electrons. The van der Waals surface area contributed by atoms with Crippen molar-refractivity contribution in [3.8, 4) is 0 Å². The lowest BCUT2D eigenvalue weighted by atomic mass is 10.2. The van der Waals surface area contributed by atoms with Gasteiger partial charge >= 0.3 is 0 Å². The summed E-state index contributed by atoms with van der Waals surface area (Å²) in [5.74, 6) is -0.425. The van der Waals surface area contributed by atoms with Crippen molar-refractivity contribution in [2.45, 2.75) is 25.0 Å². The Bertz CT molecular complexity index is 1300. The third-order valence-corrected chi connectivity index (χ3v) is 6.35. The molecule has 0 spiro atoms. The number of nitrogens with zero attached hydrogens (tertiary/aromatic N) is 4. The molecule has 0 atom stereocenters. The first-order valence-corrected chi connectivity index (χ1v) is 11.9. The summed E-state index contributed by atoms with van der Waals surface area (Å²) < 4.78 is 1.67. The van der Waals surface area contributed by atoms with Gasteiger partial charge in [-0.05, 0) is 30.7 Å². The molecule has 2 aromatic carbocycles. The van der Waals surface area contributed by atoms with Crippen molar-refractivity contribution in [3.05, 3.63) is 80.6 Å². The summed E-state index contributed by atoms with van der Waals surface area (Å²) in [6, 6.07) is 8.99. The second-order valence-electron chi connectivity index (χ2n) is 7.25. The van der Waals surface area contributed by atoms with Crippen LogP contribution in [0.25, 0.3) is 0 Å². The maximum Gasteiger partial charge on any atom is 0.271 e. The van der Waals surface area contributed by atoms with E-state index in [0.29, 0.717) is 28.2 Å². The highest BCUT2D eigenvalue weighted by Gasteiger charge is 2.18. The predicted molar refractivity (Wildman–Crippen MR) is 136 cm³/mol. The SMILES string of the molecule is C=CCn1c(CC(=O)Nc2ccc(C)c(Cl)c2)nnc1SCC(=O)Nc1cc([N+](=O)[O-])ccc1Cl. The van der Waals surface area contributed by atoms with Crippen LogP contribution < -0.4 is 10.6 Å². The second-order valence-corrected chi connectivity index (χ2v) is 9.00. The van der Waals surface area contributed by atoms with Crippen LogP contribution in [0, 0.1) is 17.0 Å². The predicted octanol–water partition coefficient (Wildman–Crippen LogP) is 4.90. The van der Waals surface area contributed by atoms with Crippen LogP contribution >= 0.6 is 35.0 Å². The van der Waals surface area contributed by atoms with Crippen molar-refractivity contribution in [2.24, 2.45) is 0 Å². The molecule has 0 fully saturated rings. The van der Waals surface area contributed by atoms with E-state index in [2.05, 4.69) is 27.4 Å². The number of non-ortho nitro benzene ring substituents is 1. The van der Waals surface area contributed by atoms with Gasteiger partial charge in [-0.3, -0.25) is 19.7 Å². The summed E-state index contributed by atoms with van der Waals surface area (Å²) in [5, 5.41) is 25.6. The summed E-state index contributed by atoms with van der Waals surface area (Å²) in [7, 11) is 0. The third-order valence-electron chi connectivity index (χ3n) is 4.65. The van der Waals surface area contributed by atoms with Crippen molar-refractivity contribution >= 4 is 63.8 Å². The van der Waals surface area contributed by atoms with Gasteiger partial charge in [-0.25, -0.2) is 0 Å². The molecule has 0 aliphatic rings. The molecule has 2 amide bonds. The van der Waals surface area contributed by atoms with Crippen molar-refractivity contribution in [1.29, 1.82) is 0 Å². The molecule has 1 heterocycles. The first-order chi connectivity index (χ1) is 16.7. The highest BCUT2D eigenvalue weighted by Crippen LogP contribution is 2.27. The van der Waals surface area contributed by atoms with Gasteiger partial charge in [0.1, 0.15) is 5.82 Å². The lowest BCUT2D eigenvalue weighted by Crippen LogP contribution is -2.18. The molecule has 0 unspecified atom stereocenters. The highest BCUT2D eigenvalue weighted by atomic mass is 35.5. The summed E-state index contributed by atoms with van der Waals surface area (Å²) in [4.78, 5) is 35.3. The van der Waals surface area contributed by atoms with Gasteiger partial charge in [0.05, 0.1) is 27.8 Å². The van der Waals surface area contributed by atoms with Crippen molar-refractivity contribution in [2.75, 3.05) is 16.4 Å². The third kappa shape index (κ3) is 7.04. The van der Waals surface area contributed by atoms with Crippen LogP contribution in [0.1, 0.15) is 11.4 Å². The highest BCUT2D eigenvalue weighted by molar-refractivity contribution is 7.99. The smallest absolute Gasteiger partial charge is 0.271 e. The topological polar surface area (TPSA) is 132 Å². The Morgan fingerprint density at radius 2 is 1.91 bits per heavy atom. The van der Waals surface area contributed by atoms with Gasteiger partial charge < -0.3 is 15.2 Å². The Labute approximate surface area is 214 Å². The Morgan fingerprint density at radius 1 is 1.14 bits per heavy atom. The first-order valence-electron chi connectivity index (χ1n) is 10.1. The molecule has 1 aromatic heterocycles. The number of nitrogens with one attached hydrogen (secondary N) is 2. The summed E-state index contributed by atoms with van der Waals surface area (Å²) in [5.41, 5.74) is 1.40.